The predicted octanol–water partition coefficient (Wildman–Crippen LogP) is 15.3. The van der Waals surface area contributed by atoms with Crippen LogP contribution in [0.1, 0.15) is 284 Å². The molecule has 0 bridgehead atoms. The molecule has 6 nitrogen and oxygen atoms in total. The van der Waals surface area contributed by atoms with Gasteiger partial charge in [-0.2, -0.15) is 0 Å². The van der Waals surface area contributed by atoms with Crippen LogP contribution in [0.4, 0.5) is 0 Å². The molecule has 0 heterocycles. The fraction of sp³-hybridized carbons (Fsp3) is 0.923. The van der Waals surface area contributed by atoms with Gasteiger partial charge in [0.15, 0.2) is 0 Å². The van der Waals surface area contributed by atoms with E-state index in [1.807, 2.05) is 0 Å². The Morgan fingerprint density at radius 3 is 1.26 bits per heavy atom. The molecule has 0 aliphatic carbocycles. The van der Waals surface area contributed by atoms with Crippen molar-refractivity contribution in [3.63, 3.8) is 0 Å². The smallest absolute Gasteiger partial charge is 0.305 e. The average Bonchev–Trinajstić information content (AvgIpc) is 3.22. The number of aliphatic hydroxyl groups is 2. The summed E-state index contributed by atoms with van der Waals surface area (Å²) in [6.45, 7) is 4.89. The molecular formula is C52H101NO5. The van der Waals surface area contributed by atoms with Gasteiger partial charge in [-0.1, -0.05) is 231 Å². The summed E-state index contributed by atoms with van der Waals surface area (Å²) in [7, 11) is 0. The summed E-state index contributed by atoms with van der Waals surface area (Å²) in [6, 6.07) is -0.555. The third-order valence-corrected chi connectivity index (χ3v) is 12.1. The number of carbonyl (C=O) groups is 2. The maximum atomic E-state index is 12.5. The molecule has 0 aliphatic rings. The third kappa shape index (κ3) is 44.2. The van der Waals surface area contributed by atoms with E-state index in [0.717, 1.165) is 57.8 Å². The Morgan fingerprint density at radius 1 is 0.466 bits per heavy atom. The van der Waals surface area contributed by atoms with Crippen molar-refractivity contribution in [1.29, 1.82) is 0 Å². The number of amides is 1. The largest absolute Gasteiger partial charge is 0.466 e. The Balaban J connectivity index is 3.48. The van der Waals surface area contributed by atoms with E-state index in [1.54, 1.807) is 0 Å². The maximum absolute atomic E-state index is 12.5. The van der Waals surface area contributed by atoms with Crippen LogP contribution in [0.3, 0.4) is 0 Å². The number of esters is 1. The van der Waals surface area contributed by atoms with Gasteiger partial charge in [0.1, 0.15) is 0 Å². The molecule has 0 radical (unpaired) electrons. The van der Waals surface area contributed by atoms with E-state index in [0.29, 0.717) is 25.9 Å². The molecule has 0 fully saturated rings. The minimum Gasteiger partial charge on any atom is -0.466 e. The molecule has 0 saturated carbocycles. The zero-order valence-corrected chi connectivity index (χ0v) is 39.0. The fourth-order valence-corrected chi connectivity index (χ4v) is 8.05. The predicted molar refractivity (Wildman–Crippen MR) is 250 cm³/mol. The van der Waals surface area contributed by atoms with Gasteiger partial charge in [-0.15, -0.1) is 0 Å². The standard InChI is InChI=1S/C52H101NO5/c1-3-5-7-9-11-13-15-17-18-19-20-21-22-24-28-32-36-40-44-50(55)49(48-54)53-51(56)45-41-37-33-29-25-23-27-31-35-39-43-47-58-52(57)46-42-38-34-30-26-16-14-12-10-8-6-4-2/h12,14,49-50,54-55H,3-11,13,15-48H2,1-2H3,(H,53,56)/b14-12-. The Morgan fingerprint density at radius 2 is 0.810 bits per heavy atom. The summed E-state index contributed by atoms with van der Waals surface area (Å²) in [5.74, 6) is -0.0755. The lowest BCUT2D eigenvalue weighted by molar-refractivity contribution is -0.143. The number of nitrogens with one attached hydrogen (secondary N) is 1. The van der Waals surface area contributed by atoms with Gasteiger partial charge < -0.3 is 20.3 Å². The molecule has 58 heavy (non-hydrogen) atoms. The van der Waals surface area contributed by atoms with Gasteiger partial charge in [-0.3, -0.25) is 9.59 Å². The molecule has 0 saturated heterocycles. The number of rotatable bonds is 48. The molecule has 2 unspecified atom stereocenters. The number of carbonyl (C=O) groups excluding carboxylic acids is 2. The summed E-state index contributed by atoms with van der Waals surface area (Å²) in [5.41, 5.74) is 0. The van der Waals surface area contributed by atoms with E-state index in [1.165, 1.54) is 193 Å². The van der Waals surface area contributed by atoms with Crippen LogP contribution >= 0.6 is 0 Å². The molecule has 1 amide bonds. The molecular weight excluding hydrogens is 719 g/mol. The van der Waals surface area contributed by atoms with Crippen LogP contribution < -0.4 is 5.32 Å². The number of hydrogen-bond donors (Lipinski definition) is 3. The number of ether oxygens (including phenoxy) is 1. The highest BCUT2D eigenvalue weighted by Gasteiger charge is 2.20. The van der Waals surface area contributed by atoms with Crippen LogP contribution in [0, 0.1) is 0 Å². The average molecular weight is 820 g/mol. The SMILES string of the molecule is CCCCC/C=C\CCCCCCCC(=O)OCCCCCCCCCCCCCC(=O)NC(CO)C(O)CCCCCCCCCCCCCCCCCCCC. The molecule has 0 rings (SSSR count). The molecule has 344 valence electrons. The molecule has 0 aromatic heterocycles. The number of allylic oxidation sites excluding steroid dienone is 2. The second-order valence-corrected chi connectivity index (χ2v) is 17.9. The Kier molecular flexibility index (Phi) is 47.1. The molecule has 0 spiro atoms. The molecule has 0 aromatic carbocycles. The minimum atomic E-state index is -0.676. The van der Waals surface area contributed by atoms with Gasteiger partial charge in [0.05, 0.1) is 25.4 Å². The van der Waals surface area contributed by atoms with Crippen LogP contribution in [0.5, 0.6) is 0 Å². The molecule has 6 heteroatoms. The first-order valence-corrected chi connectivity index (χ1v) is 25.9. The van der Waals surface area contributed by atoms with Gasteiger partial charge in [0.2, 0.25) is 5.91 Å². The van der Waals surface area contributed by atoms with E-state index in [2.05, 4.69) is 31.3 Å². The van der Waals surface area contributed by atoms with E-state index in [9.17, 15) is 19.8 Å². The Labute approximate surface area is 361 Å². The van der Waals surface area contributed by atoms with Crippen LogP contribution in [0.2, 0.25) is 0 Å². The van der Waals surface area contributed by atoms with Crippen LogP contribution in [-0.4, -0.2) is 47.4 Å². The summed E-state index contributed by atoms with van der Waals surface area (Å²) in [4.78, 5) is 24.4. The quantitative estimate of drug-likeness (QED) is 0.0323. The van der Waals surface area contributed by atoms with Crippen LogP contribution in [0.25, 0.3) is 0 Å². The fourth-order valence-electron chi connectivity index (χ4n) is 8.05. The second kappa shape index (κ2) is 48.3. The van der Waals surface area contributed by atoms with Crippen molar-refractivity contribution >= 4 is 11.9 Å². The van der Waals surface area contributed by atoms with Crippen LogP contribution in [0.15, 0.2) is 12.2 Å². The van der Waals surface area contributed by atoms with Crippen molar-refractivity contribution in [1.82, 2.24) is 5.32 Å². The summed E-state index contributed by atoms with van der Waals surface area (Å²) in [5, 5.41) is 23.3. The normalized spacial score (nSPS) is 12.7. The van der Waals surface area contributed by atoms with Gasteiger partial charge in [-0.05, 0) is 51.4 Å². The zero-order valence-electron chi connectivity index (χ0n) is 39.0. The highest BCUT2D eigenvalue weighted by atomic mass is 16.5. The molecule has 3 N–H and O–H groups in total. The lowest BCUT2D eigenvalue weighted by Crippen LogP contribution is -2.45. The first-order chi connectivity index (χ1) is 28.5. The second-order valence-electron chi connectivity index (χ2n) is 17.9. The van der Waals surface area contributed by atoms with Crippen molar-refractivity contribution < 1.29 is 24.5 Å². The topological polar surface area (TPSA) is 95.9 Å². The summed E-state index contributed by atoms with van der Waals surface area (Å²) >= 11 is 0. The lowest BCUT2D eigenvalue weighted by atomic mass is 10.0. The van der Waals surface area contributed by atoms with Crippen LogP contribution in [-0.2, 0) is 14.3 Å². The van der Waals surface area contributed by atoms with E-state index >= 15 is 0 Å². The Hall–Kier alpha value is -1.40. The van der Waals surface area contributed by atoms with E-state index in [4.69, 9.17) is 4.74 Å². The lowest BCUT2D eigenvalue weighted by Gasteiger charge is -2.22. The maximum Gasteiger partial charge on any atom is 0.305 e. The number of unbranched alkanes of at least 4 members (excludes halogenated alkanes) is 35. The monoisotopic (exact) mass is 820 g/mol. The van der Waals surface area contributed by atoms with Gasteiger partial charge in [-0.25, -0.2) is 0 Å². The summed E-state index contributed by atoms with van der Waals surface area (Å²) < 4.78 is 5.44. The van der Waals surface area contributed by atoms with Crippen molar-refractivity contribution in [3.8, 4) is 0 Å². The van der Waals surface area contributed by atoms with Gasteiger partial charge in [0.25, 0.3) is 0 Å². The first-order valence-electron chi connectivity index (χ1n) is 25.9. The van der Waals surface area contributed by atoms with E-state index < -0.39 is 12.1 Å². The first kappa shape index (κ1) is 56.6. The van der Waals surface area contributed by atoms with Gasteiger partial charge in [0, 0.05) is 12.8 Å². The van der Waals surface area contributed by atoms with Crippen molar-refractivity contribution in [2.75, 3.05) is 13.2 Å². The molecule has 2 atom stereocenters. The van der Waals surface area contributed by atoms with Crippen molar-refractivity contribution in [2.45, 2.75) is 296 Å². The van der Waals surface area contributed by atoms with Crippen molar-refractivity contribution in [2.24, 2.45) is 0 Å². The Bertz CT molecular complexity index is 863. The highest BCUT2D eigenvalue weighted by Crippen LogP contribution is 2.17. The molecule has 0 aromatic rings. The highest BCUT2D eigenvalue weighted by molar-refractivity contribution is 5.76. The third-order valence-electron chi connectivity index (χ3n) is 12.1. The zero-order chi connectivity index (χ0) is 42.3. The number of aliphatic hydroxyl groups excluding tert-OH is 2. The summed E-state index contributed by atoms with van der Waals surface area (Å²) in [6.07, 6.45) is 54.6. The van der Waals surface area contributed by atoms with E-state index in [-0.39, 0.29) is 18.5 Å². The van der Waals surface area contributed by atoms with Gasteiger partial charge >= 0.3 is 5.97 Å². The van der Waals surface area contributed by atoms with Crippen molar-refractivity contribution in [3.05, 3.63) is 12.2 Å². The minimum absolute atomic E-state index is 0.0232. The number of hydrogen-bond acceptors (Lipinski definition) is 5. The molecule has 0 aliphatic heterocycles.